The number of anilines is 1. The normalized spacial score (nSPS) is 10.0. The predicted octanol–water partition coefficient (Wildman–Crippen LogP) is 0.134. The Labute approximate surface area is 65.0 Å². The van der Waals surface area contributed by atoms with E-state index in [1.165, 1.54) is 6.92 Å². The molecule has 0 unspecified atom stereocenters. The number of carbonyl (C=O) groups is 1. The predicted molar refractivity (Wildman–Crippen MR) is 42.0 cm³/mol. The van der Waals surface area contributed by atoms with Crippen molar-refractivity contribution in [3.8, 4) is 0 Å². The highest BCUT2D eigenvalue weighted by Crippen LogP contribution is 2.02. The smallest absolute Gasteiger partial charge is 0.200 e. The van der Waals surface area contributed by atoms with Gasteiger partial charge in [-0.1, -0.05) is 0 Å². The first-order valence-corrected chi connectivity index (χ1v) is 3.36. The number of aromatic nitrogens is 2. The number of nitrogens with two attached hydrogens (primary N) is 1. The van der Waals surface area contributed by atoms with Gasteiger partial charge in [0.2, 0.25) is 0 Å². The van der Waals surface area contributed by atoms with Crippen LogP contribution >= 0.6 is 0 Å². The lowest BCUT2D eigenvalue weighted by Crippen LogP contribution is -1.96. The van der Waals surface area contributed by atoms with Crippen LogP contribution in [0.3, 0.4) is 0 Å². The molecule has 0 saturated heterocycles. The monoisotopic (exact) mass is 153 g/mol. The molecule has 0 saturated carbocycles. The van der Waals surface area contributed by atoms with Crippen molar-refractivity contribution in [3.05, 3.63) is 11.9 Å². The standard InChI is InChI=1S/C7H11N3O/c1-5(11)3-6-4-10(2)7(8)9-6/h4H,3H2,1-2H3,(H2,8,9). The topological polar surface area (TPSA) is 60.9 Å². The molecular formula is C7H11N3O. The zero-order valence-electron chi connectivity index (χ0n) is 6.66. The van der Waals surface area contributed by atoms with Crippen molar-refractivity contribution >= 4 is 11.7 Å². The number of aryl methyl sites for hydroxylation is 1. The molecule has 0 fully saturated rings. The van der Waals surface area contributed by atoms with Gasteiger partial charge in [0.05, 0.1) is 5.69 Å². The van der Waals surface area contributed by atoms with E-state index < -0.39 is 0 Å². The summed E-state index contributed by atoms with van der Waals surface area (Å²) in [4.78, 5) is 14.6. The van der Waals surface area contributed by atoms with Crippen LogP contribution in [0.1, 0.15) is 12.6 Å². The van der Waals surface area contributed by atoms with Gasteiger partial charge in [0.1, 0.15) is 5.78 Å². The van der Waals surface area contributed by atoms with Crippen LogP contribution in [-0.4, -0.2) is 15.3 Å². The summed E-state index contributed by atoms with van der Waals surface area (Å²) in [6.45, 7) is 1.53. The Morgan fingerprint density at radius 3 is 2.82 bits per heavy atom. The van der Waals surface area contributed by atoms with Crippen LogP contribution in [0.5, 0.6) is 0 Å². The molecule has 0 amide bonds. The van der Waals surface area contributed by atoms with Gasteiger partial charge < -0.3 is 10.3 Å². The fourth-order valence-corrected chi connectivity index (χ4v) is 0.885. The number of rotatable bonds is 2. The van der Waals surface area contributed by atoms with Crippen molar-refractivity contribution in [2.45, 2.75) is 13.3 Å². The van der Waals surface area contributed by atoms with Crippen molar-refractivity contribution in [2.24, 2.45) is 7.05 Å². The maximum atomic E-state index is 10.6. The highest BCUT2D eigenvalue weighted by Gasteiger charge is 2.03. The van der Waals surface area contributed by atoms with E-state index in [0.717, 1.165) is 5.69 Å². The number of imidazole rings is 1. The number of nitrogen functional groups attached to an aromatic ring is 1. The van der Waals surface area contributed by atoms with Crippen molar-refractivity contribution in [1.82, 2.24) is 9.55 Å². The SMILES string of the molecule is CC(=O)Cc1cn(C)c(N)n1. The molecule has 1 rings (SSSR count). The summed E-state index contributed by atoms with van der Waals surface area (Å²) in [5.41, 5.74) is 6.19. The molecule has 0 aromatic carbocycles. The Morgan fingerprint density at radius 1 is 1.82 bits per heavy atom. The number of carbonyl (C=O) groups excluding carboxylic acids is 1. The molecule has 1 aromatic rings. The van der Waals surface area contributed by atoms with Crippen LogP contribution in [0.25, 0.3) is 0 Å². The van der Waals surface area contributed by atoms with Crippen LogP contribution in [0, 0.1) is 0 Å². The number of hydrogen-bond acceptors (Lipinski definition) is 3. The second-order valence-electron chi connectivity index (χ2n) is 2.58. The van der Waals surface area contributed by atoms with Gasteiger partial charge in [0.25, 0.3) is 0 Å². The zero-order valence-corrected chi connectivity index (χ0v) is 6.66. The number of ketones is 1. The first kappa shape index (κ1) is 7.78. The number of hydrogen-bond donors (Lipinski definition) is 1. The fraction of sp³-hybridized carbons (Fsp3) is 0.429. The molecule has 0 radical (unpaired) electrons. The van der Waals surface area contributed by atoms with Gasteiger partial charge in [-0.05, 0) is 6.92 Å². The minimum atomic E-state index is 0.100. The van der Waals surface area contributed by atoms with Gasteiger partial charge >= 0.3 is 0 Å². The molecule has 0 bridgehead atoms. The van der Waals surface area contributed by atoms with Crippen molar-refractivity contribution < 1.29 is 4.79 Å². The molecule has 1 heterocycles. The lowest BCUT2D eigenvalue weighted by Gasteiger charge is -1.87. The molecule has 0 aliphatic carbocycles. The molecule has 0 aliphatic heterocycles. The summed E-state index contributed by atoms with van der Waals surface area (Å²) >= 11 is 0. The average molecular weight is 153 g/mol. The second-order valence-corrected chi connectivity index (χ2v) is 2.58. The molecule has 60 valence electrons. The summed E-state index contributed by atoms with van der Waals surface area (Å²) in [5, 5.41) is 0. The summed E-state index contributed by atoms with van der Waals surface area (Å²) < 4.78 is 1.69. The van der Waals surface area contributed by atoms with E-state index in [1.54, 1.807) is 17.8 Å². The second kappa shape index (κ2) is 2.74. The summed E-state index contributed by atoms with van der Waals surface area (Å²) in [6.07, 6.45) is 2.13. The van der Waals surface area contributed by atoms with Crippen LogP contribution in [0.2, 0.25) is 0 Å². The molecule has 0 aliphatic rings. The Hall–Kier alpha value is -1.32. The van der Waals surface area contributed by atoms with E-state index in [4.69, 9.17) is 5.73 Å². The van der Waals surface area contributed by atoms with E-state index in [1.807, 2.05) is 0 Å². The highest BCUT2D eigenvalue weighted by molar-refractivity contribution is 5.77. The van der Waals surface area contributed by atoms with E-state index in [-0.39, 0.29) is 5.78 Å². The van der Waals surface area contributed by atoms with Gasteiger partial charge in [0.15, 0.2) is 5.95 Å². The minimum absolute atomic E-state index is 0.100. The molecule has 2 N–H and O–H groups in total. The fourth-order valence-electron chi connectivity index (χ4n) is 0.885. The van der Waals surface area contributed by atoms with Crippen LogP contribution < -0.4 is 5.73 Å². The minimum Gasteiger partial charge on any atom is -0.369 e. The van der Waals surface area contributed by atoms with Gasteiger partial charge in [-0.3, -0.25) is 4.79 Å². The Kier molecular flexibility index (Phi) is 1.94. The van der Waals surface area contributed by atoms with Gasteiger partial charge in [0, 0.05) is 19.7 Å². The quantitative estimate of drug-likeness (QED) is 0.657. The molecule has 4 heteroatoms. The van der Waals surface area contributed by atoms with Crippen LogP contribution in [0.15, 0.2) is 6.20 Å². The number of Topliss-reactive ketones (excluding diaryl/α,β-unsaturated/α-hetero) is 1. The van der Waals surface area contributed by atoms with Crippen LogP contribution in [-0.2, 0) is 18.3 Å². The first-order chi connectivity index (χ1) is 5.09. The molecule has 4 nitrogen and oxygen atoms in total. The first-order valence-electron chi connectivity index (χ1n) is 3.36. The van der Waals surface area contributed by atoms with E-state index in [0.29, 0.717) is 12.4 Å². The third kappa shape index (κ3) is 1.80. The largest absolute Gasteiger partial charge is 0.369 e. The zero-order chi connectivity index (χ0) is 8.43. The average Bonchev–Trinajstić information content (AvgIpc) is 2.10. The maximum absolute atomic E-state index is 10.6. The summed E-state index contributed by atoms with van der Waals surface area (Å²) in [7, 11) is 1.80. The van der Waals surface area contributed by atoms with Gasteiger partial charge in [-0.25, -0.2) is 4.98 Å². The van der Waals surface area contributed by atoms with E-state index in [2.05, 4.69) is 4.98 Å². The lowest BCUT2D eigenvalue weighted by molar-refractivity contribution is -0.116. The highest BCUT2D eigenvalue weighted by atomic mass is 16.1. The summed E-state index contributed by atoms with van der Waals surface area (Å²) in [5.74, 6) is 0.546. The molecule has 1 aromatic heterocycles. The Morgan fingerprint density at radius 2 is 2.45 bits per heavy atom. The van der Waals surface area contributed by atoms with E-state index in [9.17, 15) is 4.79 Å². The Balaban J connectivity index is 2.81. The van der Waals surface area contributed by atoms with Crippen molar-refractivity contribution in [1.29, 1.82) is 0 Å². The molecule has 11 heavy (non-hydrogen) atoms. The van der Waals surface area contributed by atoms with Crippen molar-refractivity contribution in [3.63, 3.8) is 0 Å². The van der Waals surface area contributed by atoms with Crippen LogP contribution in [0.4, 0.5) is 5.95 Å². The van der Waals surface area contributed by atoms with Crippen molar-refractivity contribution in [2.75, 3.05) is 5.73 Å². The third-order valence-corrected chi connectivity index (χ3v) is 1.39. The molecule has 0 atom stereocenters. The van der Waals surface area contributed by atoms with E-state index >= 15 is 0 Å². The summed E-state index contributed by atoms with van der Waals surface area (Å²) in [6, 6.07) is 0. The number of nitrogens with zero attached hydrogens (tertiary/aromatic N) is 2. The Bertz CT molecular complexity index is 258. The molecule has 0 spiro atoms. The third-order valence-electron chi connectivity index (χ3n) is 1.39. The van der Waals surface area contributed by atoms with Gasteiger partial charge in [-0.15, -0.1) is 0 Å². The molecular weight excluding hydrogens is 142 g/mol. The lowest BCUT2D eigenvalue weighted by atomic mass is 10.2. The maximum Gasteiger partial charge on any atom is 0.200 e. The van der Waals surface area contributed by atoms with Gasteiger partial charge in [-0.2, -0.15) is 0 Å².